The van der Waals surface area contributed by atoms with E-state index in [9.17, 15) is 4.79 Å². The molecule has 1 atom stereocenters. The average molecular weight is 409 g/mol. The van der Waals surface area contributed by atoms with E-state index in [0.29, 0.717) is 11.5 Å². The molecule has 5 rings (SSSR count). The molecular formula is C26H24N4O. The van der Waals surface area contributed by atoms with E-state index >= 15 is 0 Å². The van der Waals surface area contributed by atoms with E-state index in [2.05, 4.69) is 38.3 Å². The molecule has 0 aliphatic carbocycles. The molecule has 3 aromatic carbocycles. The number of rotatable bonds is 4. The molecule has 31 heavy (non-hydrogen) atoms. The van der Waals surface area contributed by atoms with Gasteiger partial charge >= 0.3 is 0 Å². The highest BCUT2D eigenvalue weighted by atomic mass is 16.1. The third kappa shape index (κ3) is 3.87. The van der Waals surface area contributed by atoms with Crippen molar-refractivity contribution in [3.63, 3.8) is 0 Å². The maximum atomic E-state index is 13.1. The molecule has 1 unspecified atom stereocenters. The lowest BCUT2D eigenvalue weighted by Gasteiger charge is -2.24. The number of hydrogen-bond donors (Lipinski definition) is 1. The summed E-state index contributed by atoms with van der Waals surface area (Å²) in [6, 6.07) is 26.0. The van der Waals surface area contributed by atoms with E-state index in [1.807, 2.05) is 67.6 Å². The molecule has 0 spiro atoms. The highest BCUT2D eigenvalue weighted by molar-refractivity contribution is 6.06. The van der Waals surface area contributed by atoms with Crippen molar-refractivity contribution in [1.82, 2.24) is 14.8 Å². The summed E-state index contributed by atoms with van der Waals surface area (Å²) in [4.78, 5) is 13.1. The fourth-order valence-electron chi connectivity index (χ4n) is 4.32. The number of amides is 1. The normalized spacial score (nSPS) is 15.3. The molecule has 0 radical (unpaired) electrons. The molecule has 0 saturated carbocycles. The van der Waals surface area contributed by atoms with Gasteiger partial charge in [-0.15, -0.1) is 10.2 Å². The third-order valence-corrected chi connectivity index (χ3v) is 6.01. The molecular weight excluding hydrogens is 384 g/mol. The number of carbonyl (C=O) groups excluding carboxylic acids is 1. The highest BCUT2D eigenvalue weighted by Gasteiger charge is 2.23. The van der Waals surface area contributed by atoms with E-state index in [1.165, 1.54) is 5.56 Å². The van der Waals surface area contributed by atoms with Crippen LogP contribution in [0.25, 0.3) is 11.1 Å². The van der Waals surface area contributed by atoms with Gasteiger partial charge in [-0.2, -0.15) is 0 Å². The van der Waals surface area contributed by atoms with Gasteiger partial charge in [-0.1, -0.05) is 60.7 Å². The van der Waals surface area contributed by atoms with Gasteiger partial charge in [0.2, 0.25) is 0 Å². The minimum atomic E-state index is -0.0952. The molecule has 154 valence electrons. The van der Waals surface area contributed by atoms with Crippen molar-refractivity contribution in [2.45, 2.75) is 32.2 Å². The van der Waals surface area contributed by atoms with Gasteiger partial charge in [0.25, 0.3) is 5.91 Å². The minimum absolute atomic E-state index is 0.0952. The Bertz CT molecular complexity index is 1230. The van der Waals surface area contributed by atoms with E-state index < -0.39 is 0 Å². The Kier molecular flexibility index (Phi) is 5.08. The predicted octanol–water partition coefficient (Wildman–Crippen LogP) is 5.24. The van der Waals surface area contributed by atoms with Crippen LogP contribution >= 0.6 is 0 Å². The zero-order valence-electron chi connectivity index (χ0n) is 17.5. The number of anilines is 1. The monoisotopic (exact) mass is 408 g/mol. The van der Waals surface area contributed by atoms with Gasteiger partial charge in [-0.05, 0) is 42.7 Å². The maximum Gasteiger partial charge on any atom is 0.255 e. The van der Waals surface area contributed by atoms with Gasteiger partial charge < -0.3 is 9.88 Å². The van der Waals surface area contributed by atoms with Crippen LogP contribution in [0.1, 0.15) is 39.9 Å². The topological polar surface area (TPSA) is 59.8 Å². The molecule has 1 aliphatic rings. The van der Waals surface area contributed by atoms with Crippen LogP contribution in [0.15, 0.2) is 78.9 Å². The zero-order chi connectivity index (χ0) is 21.2. The lowest BCUT2D eigenvalue weighted by molar-refractivity contribution is 0.102. The van der Waals surface area contributed by atoms with Crippen LogP contribution in [0, 0.1) is 6.92 Å². The second kappa shape index (κ2) is 8.19. The summed E-state index contributed by atoms with van der Waals surface area (Å²) in [7, 11) is 0. The van der Waals surface area contributed by atoms with Crippen LogP contribution in [0.3, 0.4) is 0 Å². The number of para-hydroxylation sites is 1. The summed E-state index contributed by atoms with van der Waals surface area (Å²) >= 11 is 0. The van der Waals surface area contributed by atoms with Crippen LogP contribution in [0.4, 0.5) is 5.69 Å². The van der Waals surface area contributed by atoms with Crippen molar-refractivity contribution < 1.29 is 4.79 Å². The lowest BCUT2D eigenvalue weighted by atomic mass is 9.90. The molecule has 0 fully saturated rings. The minimum Gasteiger partial charge on any atom is -0.321 e. The van der Waals surface area contributed by atoms with E-state index in [1.54, 1.807) is 0 Å². The second-order valence-electron chi connectivity index (χ2n) is 8.00. The first-order valence-electron chi connectivity index (χ1n) is 10.6. The number of benzene rings is 3. The Morgan fingerprint density at radius 2 is 1.77 bits per heavy atom. The summed E-state index contributed by atoms with van der Waals surface area (Å²) in [6.07, 6.45) is 1.92. The number of nitrogens with one attached hydrogen (secondary N) is 1. The summed E-state index contributed by atoms with van der Waals surface area (Å²) in [5, 5.41) is 11.6. The zero-order valence-corrected chi connectivity index (χ0v) is 17.5. The van der Waals surface area contributed by atoms with Gasteiger partial charge in [0.1, 0.15) is 11.6 Å². The summed E-state index contributed by atoms with van der Waals surface area (Å²) in [5.74, 6) is 2.26. The Labute approximate surface area is 181 Å². The quantitative estimate of drug-likeness (QED) is 0.503. The van der Waals surface area contributed by atoms with Crippen LogP contribution in [0.2, 0.25) is 0 Å². The van der Waals surface area contributed by atoms with Crippen LogP contribution in [0.5, 0.6) is 0 Å². The SMILES string of the molecule is Cc1nnc2n1CC(c1cccc(C(=O)Nc3ccccc3-c3ccccc3)c1)CC2. The number of hydrogen-bond acceptors (Lipinski definition) is 3. The molecule has 2 heterocycles. The van der Waals surface area contributed by atoms with Gasteiger partial charge in [0.15, 0.2) is 0 Å². The lowest BCUT2D eigenvalue weighted by Crippen LogP contribution is -2.20. The standard InChI is InChI=1S/C26H24N4O/c1-18-28-29-25-15-14-22(17-30(18)25)20-10-7-11-21(16-20)26(31)27-24-13-6-5-12-23(24)19-8-3-2-4-9-19/h2-13,16,22H,14-15,17H2,1H3,(H,27,31). The van der Waals surface area contributed by atoms with Crippen molar-refractivity contribution in [3.8, 4) is 11.1 Å². The number of aryl methyl sites for hydroxylation is 2. The average Bonchev–Trinajstić information content (AvgIpc) is 3.20. The van der Waals surface area contributed by atoms with Gasteiger partial charge in [-0.25, -0.2) is 0 Å². The van der Waals surface area contributed by atoms with Crippen LogP contribution < -0.4 is 5.32 Å². The molecule has 5 heteroatoms. The Morgan fingerprint density at radius 1 is 0.968 bits per heavy atom. The van der Waals surface area contributed by atoms with Crippen molar-refractivity contribution in [2.24, 2.45) is 0 Å². The molecule has 5 nitrogen and oxygen atoms in total. The molecule has 1 aliphatic heterocycles. The Balaban J connectivity index is 1.38. The first-order chi connectivity index (χ1) is 15.2. The summed E-state index contributed by atoms with van der Waals surface area (Å²) in [5.41, 5.74) is 4.76. The second-order valence-corrected chi connectivity index (χ2v) is 8.00. The molecule has 1 amide bonds. The van der Waals surface area contributed by atoms with Gasteiger partial charge in [0.05, 0.1) is 0 Å². The smallest absolute Gasteiger partial charge is 0.255 e. The molecule has 0 saturated heterocycles. The number of fused-ring (bicyclic) bond motifs is 1. The first kappa shape index (κ1) is 19.2. The van der Waals surface area contributed by atoms with E-state index in [4.69, 9.17) is 0 Å². The van der Waals surface area contributed by atoms with Crippen molar-refractivity contribution in [1.29, 1.82) is 0 Å². The molecule has 0 bridgehead atoms. The van der Waals surface area contributed by atoms with Crippen molar-refractivity contribution >= 4 is 11.6 Å². The fraction of sp³-hybridized carbons (Fsp3) is 0.192. The number of nitrogens with zero attached hydrogens (tertiary/aromatic N) is 3. The molecule has 1 aromatic heterocycles. The van der Waals surface area contributed by atoms with Crippen LogP contribution in [-0.4, -0.2) is 20.7 Å². The van der Waals surface area contributed by atoms with Crippen molar-refractivity contribution in [2.75, 3.05) is 5.32 Å². The highest BCUT2D eigenvalue weighted by Crippen LogP contribution is 2.30. The fourth-order valence-corrected chi connectivity index (χ4v) is 4.32. The molecule has 4 aromatic rings. The maximum absolute atomic E-state index is 13.1. The summed E-state index contributed by atoms with van der Waals surface area (Å²) < 4.78 is 2.19. The summed E-state index contributed by atoms with van der Waals surface area (Å²) in [6.45, 7) is 2.85. The molecule has 1 N–H and O–H groups in total. The predicted molar refractivity (Wildman–Crippen MR) is 122 cm³/mol. The van der Waals surface area contributed by atoms with Gasteiger partial charge in [0, 0.05) is 35.7 Å². The van der Waals surface area contributed by atoms with Gasteiger partial charge in [-0.3, -0.25) is 4.79 Å². The largest absolute Gasteiger partial charge is 0.321 e. The first-order valence-corrected chi connectivity index (χ1v) is 10.6. The third-order valence-electron chi connectivity index (χ3n) is 6.01. The Morgan fingerprint density at radius 3 is 2.65 bits per heavy atom. The number of aromatic nitrogens is 3. The Hall–Kier alpha value is -3.73. The van der Waals surface area contributed by atoms with E-state index in [0.717, 1.165) is 47.8 Å². The number of carbonyl (C=O) groups is 1. The van der Waals surface area contributed by atoms with E-state index in [-0.39, 0.29) is 5.91 Å². The van der Waals surface area contributed by atoms with Crippen LogP contribution in [-0.2, 0) is 13.0 Å². The van der Waals surface area contributed by atoms with Crippen molar-refractivity contribution in [3.05, 3.63) is 102 Å².